The van der Waals surface area contributed by atoms with Gasteiger partial charge in [0.1, 0.15) is 23.0 Å². The fraction of sp³-hybridized carbons (Fsp3) is 0.435. The lowest BCUT2D eigenvalue weighted by molar-refractivity contribution is 0.0165. The van der Waals surface area contributed by atoms with Crippen LogP contribution in [0.5, 0.6) is 5.75 Å². The zero-order chi connectivity index (χ0) is 23.3. The molecule has 2 aromatic rings. The highest BCUT2D eigenvalue weighted by Crippen LogP contribution is 2.27. The minimum absolute atomic E-state index is 0.101. The number of oxime groups is 1. The van der Waals surface area contributed by atoms with Crippen LogP contribution < -0.4 is 4.74 Å². The summed E-state index contributed by atoms with van der Waals surface area (Å²) in [6.45, 7) is 7.20. The number of ether oxygens (including phenoxy) is 2. The molecular weight excluding hydrogens is 420 g/mol. The van der Waals surface area contributed by atoms with E-state index in [0.29, 0.717) is 25.4 Å². The molecule has 1 aliphatic heterocycles. The lowest BCUT2D eigenvalue weighted by atomic mass is 9.98. The van der Waals surface area contributed by atoms with Crippen molar-refractivity contribution in [3.8, 4) is 17.0 Å². The molecule has 1 aromatic heterocycles. The molecule has 1 fully saturated rings. The Morgan fingerprint density at radius 3 is 2.44 bits per heavy atom. The number of carbonyl (C=O) groups is 1. The summed E-state index contributed by atoms with van der Waals surface area (Å²) in [6.07, 6.45) is 3.66. The van der Waals surface area contributed by atoms with Gasteiger partial charge in [0.2, 0.25) is 0 Å². The van der Waals surface area contributed by atoms with Crippen molar-refractivity contribution in [2.24, 2.45) is 11.1 Å². The van der Waals surface area contributed by atoms with E-state index in [1.54, 1.807) is 11.0 Å². The average Bonchev–Trinajstić information content (AvgIpc) is 2.72. The first-order valence-corrected chi connectivity index (χ1v) is 10.4. The first kappa shape index (κ1) is 23.4. The van der Waals surface area contributed by atoms with E-state index in [0.717, 1.165) is 31.2 Å². The Morgan fingerprint density at radius 1 is 1.25 bits per heavy atom. The molecule has 1 aliphatic rings. The molecule has 0 radical (unpaired) electrons. The molecule has 7 nitrogen and oxygen atoms in total. The average molecular weight is 447 g/mol. The van der Waals surface area contributed by atoms with Gasteiger partial charge in [0.15, 0.2) is 0 Å². The molecule has 1 N–H and O–H groups in total. The number of halogens is 2. The topological polar surface area (TPSA) is 84.2 Å². The molecule has 9 heteroatoms. The van der Waals surface area contributed by atoms with Crippen molar-refractivity contribution in [2.75, 3.05) is 19.7 Å². The fourth-order valence-corrected chi connectivity index (χ4v) is 3.41. The van der Waals surface area contributed by atoms with Crippen LogP contribution in [0.2, 0.25) is 0 Å². The zero-order valence-electron chi connectivity index (χ0n) is 18.3. The van der Waals surface area contributed by atoms with E-state index in [-0.39, 0.29) is 28.8 Å². The molecule has 0 saturated carbocycles. The Kier molecular flexibility index (Phi) is 7.27. The SMILES string of the molecule is CC(C)(C)OC(=O)N1CCC(COc2ccc(-c3c(F)cc(/C=N/O)cc3F)nc2)CC1. The van der Waals surface area contributed by atoms with E-state index in [1.165, 1.54) is 12.3 Å². The maximum atomic E-state index is 14.3. The second kappa shape index (κ2) is 9.93. The van der Waals surface area contributed by atoms with E-state index in [1.807, 2.05) is 20.8 Å². The molecule has 0 bridgehead atoms. The summed E-state index contributed by atoms with van der Waals surface area (Å²) in [5.41, 5.74) is -0.548. The van der Waals surface area contributed by atoms with Gasteiger partial charge < -0.3 is 19.6 Å². The number of carbonyl (C=O) groups excluding carboxylic acids is 1. The van der Waals surface area contributed by atoms with Crippen molar-refractivity contribution in [1.29, 1.82) is 0 Å². The Balaban J connectivity index is 1.54. The predicted molar refractivity (Wildman–Crippen MR) is 115 cm³/mol. The van der Waals surface area contributed by atoms with Crippen LogP contribution in [-0.4, -0.2) is 52.7 Å². The summed E-state index contributed by atoms with van der Waals surface area (Å²) in [7, 11) is 0. The maximum Gasteiger partial charge on any atom is 0.410 e. The van der Waals surface area contributed by atoms with Crippen LogP contribution >= 0.6 is 0 Å². The molecule has 0 spiro atoms. The van der Waals surface area contributed by atoms with E-state index in [4.69, 9.17) is 14.7 Å². The molecule has 32 heavy (non-hydrogen) atoms. The second-order valence-electron chi connectivity index (χ2n) is 8.71. The van der Waals surface area contributed by atoms with Crippen molar-refractivity contribution >= 4 is 12.3 Å². The van der Waals surface area contributed by atoms with Gasteiger partial charge in [0, 0.05) is 18.7 Å². The number of likely N-dealkylation sites (tertiary alicyclic amines) is 1. The third-order valence-corrected chi connectivity index (χ3v) is 5.02. The van der Waals surface area contributed by atoms with Crippen molar-refractivity contribution in [3.63, 3.8) is 0 Å². The number of nitrogens with zero attached hydrogens (tertiary/aromatic N) is 3. The van der Waals surface area contributed by atoms with Gasteiger partial charge in [-0.25, -0.2) is 13.6 Å². The number of amides is 1. The Labute approximate surface area is 185 Å². The Morgan fingerprint density at radius 2 is 1.91 bits per heavy atom. The van der Waals surface area contributed by atoms with Gasteiger partial charge in [-0.3, -0.25) is 4.98 Å². The lowest BCUT2D eigenvalue weighted by Crippen LogP contribution is -2.42. The Hall–Kier alpha value is -3.23. The summed E-state index contributed by atoms with van der Waals surface area (Å²) in [4.78, 5) is 18.0. The second-order valence-corrected chi connectivity index (χ2v) is 8.71. The monoisotopic (exact) mass is 447 g/mol. The number of aromatic nitrogens is 1. The number of piperidine rings is 1. The molecule has 0 aliphatic carbocycles. The van der Waals surface area contributed by atoms with E-state index in [2.05, 4.69) is 10.1 Å². The molecule has 172 valence electrons. The number of hydrogen-bond acceptors (Lipinski definition) is 6. The van der Waals surface area contributed by atoms with Crippen molar-refractivity contribution in [3.05, 3.63) is 47.7 Å². The van der Waals surface area contributed by atoms with Crippen LogP contribution in [-0.2, 0) is 4.74 Å². The van der Waals surface area contributed by atoms with Gasteiger partial charge in [-0.2, -0.15) is 0 Å². The number of benzene rings is 1. The summed E-state index contributed by atoms with van der Waals surface area (Å²) in [5.74, 6) is -0.840. The van der Waals surface area contributed by atoms with Crippen LogP contribution in [0, 0.1) is 17.6 Å². The number of pyridine rings is 1. The van der Waals surface area contributed by atoms with E-state index >= 15 is 0 Å². The molecule has 1 amide bonds. The van der Waals surface area contributed by atoms with Crippen LogP contribution in [0.3, 0.4) is 0 Å². The first-order chi connectivity index (χ1) is 15.2. The molecular formula is C23H27F2N3O4. The quantitative estimate of drug-likeness (QED) is 0.402. The normalized spacial score (nSPS) is 15.2. The summed E-state index contributed by atoms with van der Waals surface area (Å²) < 4.78 is 39.8. The maximum absolute atomic E-state index is 14.3. The third-order valence-electron chi connectivity index (χ3n) is 5.02. The van der Waals surface area contributed by atoms with Crippen LogP contribution in [0.4, 0.5) is 13.6 Å². The number of hydrogen-bond donors (Lipinski definition) is 1. The minimum Gasteiger partial charge on any atom is -0.492 e. The largest absolute Gasteiger partial charge is 0.492 e. The molecule has 0 atom stereocenters. The summed E-state index contributed by atoms with van der Waals surface area (Å²) in [5, 5.41) is 11.3. The van der Waals surface area contributed by atoms with E-state index < -0.39 is 17.2 Å². The third kappa shape index (κ3) is 6.15. The first-order valence-electron chi connectivity index (χ1n) is 10.4. The van der Waals surface area contributed by atoms with E-state index in [9.17, 15) is 13.6 Å². The van der Waals surface area contributed by atoms with Crippen LogP contribution in [0.25, 0.3) is 11.3 Å². The van der Waals surface area contributed by atoms with Gasteiger partial charge in [-0.05, 0) is 63.8 Å². The van der Waals surface area contributed by atoms with Gasteiger partial charge in [0.05, 0.1) is 30.3 Å². The van der Waals surface area contributed by atoms with Crippen LogP contribution in [0.1, 0.15) is 39.2 Å². The van der Waals surface area contributed by atoms with Gasteiger partial charge >= 0.3 is 6.09 Å². The summed E-state index contributed by atoms with van der Waals surface area (Å²) in [6, 6.07) is 5.23. The smallest absolute Gasteiger partial charge is 0.410 e. The standard InChI is InChI=1S/C23H27F2N3O4/c1-23(2,3)32-22(29)28-8-6-15(7-9-28)14-31-17-4-5-20(26-13-17)21-18(24)10-16(12-27-30)11-19(21)25/h4-5,10-13,15,30H,6-9,14H2,1-3H3/b27-12+. The Bertz CT molecular complexity index is 943. The van der Waals surface area contributed by atoms with Gasteiger partial charge in [-0.15, -0.1) is 0 Å². The summed E-state index contributed by atoms with van der Waals surface area (Å²) >= 11 is 0. The molecule has 0 unspecified atom stereocenters. The minimum atomic E-state index is -0.808. The highest BCUT2D eigenvalue weighted by molar-refractivity contribution is 5.80. The lowest BCUT2D eigenvalue weighted by Gasteiger charge is -2.33. The zero-order valence-corrected chi connectivity index (χ0v) is 18.3. The molecule has 1 saturated heterocycles. The molecule has 2 heterocycles. The van der Waals surface area contributed by atoms with Crippen molar-refractivity contribution < 1.29 is 28.3 Å². The van der Waals surface area contributed by atoms with Gasteiger partial charge in [0.25, 0.3) is 0 Å². The highest BCUT2D eigenvalue weighted by atomic mass is 19.1. The van der Waals surface area contributed by atoms with Gasteiger partial charge in [-0.1, -0.05) is 5.16 Å². The number of rotatable bonds is 5. The predicted octanol–water partition coefficient (Wildman–Crippen LogP) is 4.86. The van der Waals surface area contributed by atoms with Crippen molar-refractivity contribution in [2.45, 2.75) is 39.2 Å². The highest BCUT2D eigenvalue weighted by Gasteiger charge is 2.27. The molecule has 3 rings (SSSR count). The van der Waals surface area contributed by atoms with Crippen molar-refractivity contribution in [1.82, 2.24) is 9.88 Å². The fourth-order valence-electron chi connectivity index (χ4n) is 3.41. The molecule has 1 aromatic carbocycles. The van der Waals surface area contributed by atoms with Crippen LogP contribution in [0.15, 0.2) is 35.6 Å².